The monoisotopic (exact) mass is 282 g/mol. The highest BCUT2D eigenvalue weighted by Crippen LogP contribution is 2.27. The predicted octanol–water partition coefficient (Wildman–Crippen LogP) is 2.84. The van der Waals surface area contributed by atoms with Crippen molar-refractivity contribution < 1.29 is 4.74 Å². The topological polar surface area (TPSA) is 38.5 Å². The molecule has 0 amide bonds. The van der Waals surface area contributed by atoms with Gasteiger partial charge in [-0.1, -0.05) is 30.7 Å². The van der Waals surface area contributed by atoms with E-state index in [1.165, 1.54) is 5.56 Å². The van der Waals surface area contributed by atoms with E-state index < -0.39 is 0 Å². The van der Waals surface area contributed by atoms with Gasteiger partial charge in [-0.2, -0.15) is 0 Å². The van der Waals surface area contributed by atoms with Gasteiger partial charge in [0.25, 0.3) is 0 Å². The van der Waals surface area contributed by atoms with Crippen LogP contribution in [0.25, 0.3) is 0 Å². The molecule has 1 aromatic carbocycles. The number of benzene rings is 1. The van der Waals surface area contributed by atoms with E-state index in [0.717, 1.165) is 24.6 Å². The SMILES string of the molecule is CCC1COC(C)CN1C(CN)c1ccc(Cl)cc1. The second-order valence-corrected chi connectivity index (χ2v) is 5.64. The summed E-state index contributed by atoms with van der Waals surface area (Å²) in [6, 6.07) is 8.71. The Hall–Kier alpha value is -0.610. The molecule has 19 heavy (non-hydrogen) atoms. The summed E-state index contributed by atoms with van der Waals surface area (Å²) in [5, 5.41) is 0.766. The molecule has 0 saturated carbocycles. The normalized spacial score (nSPS) is 26.3. The van der Waals surface area contributed by atoms with Crippen molar-refractivity contribution >= 4 is 11.6 Å². The molecule has 1 fully saturated rings. The first-order valence-electron chi connectivity index (χ1n) is 6.98. The number of ether oxygens (including phenoxy) is 1. The molecule has 3 atom stereocenters. The fourth-order valence-electron chi connectivity index (χ4n) is 2.75. The third kappa shape index (κ3) is 3.48. The molecule has 0 aliphatic carbocycles. The van der Waals surface area contributed by atoms with Crippen molar-refractivity contribution in [1.82, 2.24) is 4.90 Å². The fourth-order valence-corrected chi connectivity index (χ4v) is 2.88. The molecule has 1 heterocycles. The summed E-state index contributed by atoms with van der Waals surface area (Å²) in [7, 11) is 0. The van der Waals surface area contributed by atoms with E-state index >= 15 is 0 Å². The maximum absolute atomic E-state index is 6.02. The van der Waals surface area contributed by atoms with Gasteiger partial charge in [0.05, 0.1) is 12.7 Å². The van der Waals surface area contributed by atoms with E-state index in [9.17, 15) is 0 Å². The molecule has 0 bridgehead atoms. The van der Waals surface area contributed by atoms with Gasteiger partial charge in [0, 0.05) is 30.2 Å². The van der Waals surface area contributed by atoms with Crippen molar-refractivity contribution in [2.75, 3.05) is 19.7 Å². The molecule has 0 spiro atoms. The van der Waals surface area contributed by atoms with Crippen molar-refractivity contribution in [2.24, 2.45) is 5.73 Å². The summed E-state index contributed by atoms with van der Waals surface area (Å²) >= 11 is 5.96. The van der Waals surface area contributed by atoms with E-state index in [1.54, 1.807) is 0 Å². The van der Waals surface area contributed by atoms with Crippen LogP contribution in [0.4, 0.5) is 0 Å². The molecule has 2 N–H and O–H groups in total. The van der Waals surface area contributed by atoms with Gasteiger partial charge >= 0.3 is 0 Å². The Morgan fingerprint density at radius 1 is 1.42 bits per heavy atom. The van der Waals surface area contributed by atoms with Gasteiger partial charge in [0.2, 0.25) is 0 Å². The largest absolute Gasteiger partial charge is 0.376 e. The lowest BCUT2D eigenvalue weighted by atomic mass is 10.0. The Labute approximate surface area is 120 Å². The van der Waals surface area contributed by atoms with Crippen LogP contribution in [0.2, 0.25) is 5.02 Å². The summed E-state index contributed by atoms with van der Waals surface area (Å²) in [4.78, 5) is 2.48. The lowest BCUT2D eigenvalue weighted by Crippen LogP contribution is -2.51. The van der Waals surface area contributed by atoms with Gasteiger partial charge in [0.15, 0.2) is 0 Å². The van der Waals surface area contributed by atoms with Crippen LogP contribution >= 0.6 is 11.6 Å². The second-order valence-electron chi connectivity index (χ2n) is 5.21. The molecule has 3 nitrogen and oxygen atoms in total. The molecule has 1 aromatic rings. The summed E-state index contributed by atoms with van der Waals surface area (Å²) in [5.74, 6) is 0. The van der Waals surface area contributed by atoms with E-state index in [-0.39, 0.29) is 12.1 Å². The van der Waals surface area contributed by atoms with Crippen LogP contribution in [0.3, 0.4) is 0 Å². The minimum atomic E-state index is 0.244. The molecule has 1 aliphatic rings. The van der Waals surface area contributed by atoms with Gasteiger partial charge in [-0.25, -0.2) is 0 Å². The molecule has 4 heteroatoms. The third-order valence-corrected chi connectivity index (χ3v) is 4.11. The Morgan fingerprint density at radius 2 is 2.11 bits per heavy atom. The molecule has 1 saturated heterocycles. The molecule has 2 rings (SSSR count). The Balaban J connectivity index is 2.21. The highest BCUT2D eigenvalue weighted by Gasteiger charge is 2.31. The van der Waals surface area contributed by atoms with Crippen molar-refractivity contribution in [1.29, 1.82) is 0 Å². The lowest BCUT2D eigenvalue weighted by molar-refractivity contribution is -0.0719. The number of rotatable bonds is 4. The number of nitrogens with zero attached hydrogens (tertiary/aromatic N) is 1. The maximum Gasteiger partial charge on any atom is 0.0675 e. The first-order valence-corrected chi connectivity index (χ1v) is 7.36. The quantitative estimate of drug-likeness (QED) is 0.923. The minimum absolute atomic E-state index is 0.244. The Bertz CT molecular complexity index is 396. The minimum Gasteiger partial charge on any atom is -0.376 e. The summed E-state index contributed by atoms with van der Waals surface area (Å²) in [6.07, 6.45) is 1.35. The molecule has 3 unspecified atom stereocenters. The molecule has 1 aliphatic heterocycles. The number of hydrogen-bond donors (Lipinski definition) is 1. The molecular formula is C15H23ClN2O. The first kappa shape index (κ1) is 14.8. The predicted molar refractivity (Wildman–Crippen MR) is 79.4 cm³/mol. The van der Waals surface area contributed by atoms with Gasteiger partial charge in [0.1, 0.15) is 0 Å². The fraction of sp³-hybridized carbons (Fsp3) is 0.600. The average molecular weight is 283 g/mol. The van der Waals surface area contributed by atoms with Crippen LogP contribution in [0.1, 0.15) is 31.9 Å². The summed E-state index contributed by atoms with van der Waals surface area (Å²) in [6.45, 7) is 6.66. The first-order chi connectivity index (χ1) is 9.15. The number of halogens is 1. The molecule has 0 radical (unpaired) electrons. The van der Waals surface area contributed by atoms with Gasteiger partial charge < -0.3 is 10.5 Å². The maximum atomic E-state index is 6.02. The highest BCUT2D eigenvalue weighted by atomic mass is 35.5. The van der Waals surface area contributed by atoms with Gasteiger partial charge in [-0.05, 0) is 31.0 Å². The zero-order valence-electron chi connectivity index (χ0n) is 11.7. The van der Waals surface area contributed by atoms with Crippen LogP contribution in [0.5, 0.6) is 0 Å². The Kier molecular flexibility index (Phi) is 5.22. The molecule has 106 valence electrons. The van der Waals surface area contributed by atoms with Crippen molar-refractivity contribution in [3.05, 3.63) is 34.9 Å². The highest BCUT2D eigenvalue weighted by molar-refractivity contribution is 6.30. The lowest BCUT2D eigenvalue weighted by Gasteiger charge is -2.43. The summed E-state index contributed by atoms with van der Waals surface area (Å²) in [5.41, 5.74) is 7.26. The number of nitrogens with two attached hydrogens (primary N) is 1. The zero-order valence-corrected chi connectivity index (χ0v) is 12.4. The van der Waals surface area contributed by atoms with Gasteiger partial charge in [-0.15, -0.1) is 0 Å². The third-order valence-electron chi connectivity index (χ3n) is 3.86. The zero-order chi connectivity index (χ0) is 13.8. The van der Waals surface area contributed by atoms with Crippen LogP contribution in [-0.2, 0) is 4.74 Å². The van der Waals surface area contributed by atoms with Crippen molar-refractivity contribution in [3.63, 3.8) is 0 Å². The number of hydrogen-bond acceptors (Lipinski definition) is 3. The molecule has 0 aromatic heterocycles. The van der Waals surface area contributed by atoms with E-state index in [1.807, 2.05) is 12.1 Å². The van der Waals surface area contributed by atoms with E-state index in [0.29, 0.717) is 12.6 Å². The van der Waals surface area contributed by atoms with Crippen LogP contribution in [0, 0.1) is 0 Å². The Morgan fingerprint density at radius 3 is 2.68 bits per heavy atom. The van der Waals surface area contributed by atoms with E-state index in [4.69, 9.17) is 22.1 Å². The van der Waals surface area contributed by atoms with Gasteiger partial charge in [-0.3, -0.25) is 4.90 Å². The second kappa shape index (κ2) is 6.71. The van der Waals surface area contributed by atoms with Crippen LogP contribution in [0.15, 0.2) is 24.3 Å². The average Bonchev–Trinajstić information content (AvgIpc) is 2.42. The van der Waals surface area contributed by atoms with Crippen molar-refractivity contribution in [3.8, 4) is 0 Å². The standard InChI is InChI=1S/C15H23ClN2O/c1-3-14-10-19-11(2)9-18(14)15(8-17)12-4-6-13(16)7-5-12/h4-7,11,14-15H,3,8-10,17H2,1-2H3. The van der Waals surface area contributed by atoms with E-state index in [2.05, 4.69) is 30.9 Å². The smallest absolute Gasteiger partial charge is 0.0675 e. The molecular weight excluding hydrogens is 260 g/mol. The van der Waals surface area contributed by atoms with Crippen LogP contribution in [-0.4, -0.2) is 36.7 Å². The van der Waals surface area contributed by atoms with Crippen molar-refractivity contribution in [2.45, 2.75) is 38.5 Å². The number of morpholine rings is 1. The summed E-state index contributed by atoms with van der Waals surface area (Å²) < 4.78 is 5.76. The van der Waals surface area contributed by atoms with Crippen LogP contribution < -0.4 is 5.73 Å².